The first kappa shape index (κ1) is 19.4. The topological polar surface area (TPSA) is 64.6 Å². The molecule has 4 rings (SSSR count). The lowest BCUT2D eigenvalue weighted by molar-refractivity contribution is -0.125. The summed E-state index contributed by atoms with van der Waals surface area (Å²) in [5.74, 6) is 1.24. The van der Waals surface area contributed by atoms with E-state index < -0.39 is 0 Å². The molecule has 0 spiro atoms. The summed E-state index contributed by atoms with van der Waals surface area (Å²) in [6.45, 7) is 8.32. The lowest BCUT2D eigenvalue weighted by Gasteiger charge is -2.32. The molecule has 0 unspecified atom stereocenters. The first-order valence-electron chi connectivity index (χ1n) is 11.1. The van der Waals surface area contributed by atoms with E-state index in [1.807, 2.05) is 12.4 Å². The number of nitrogens with zero attached hydrogens (tertiary/aromatic N) is 5. The summed E-state index contributed by atoms with van der Waals surface area (Å²) in [7, 11) is 0. The maximum Gasteiger partial charge on any atom is 0.225 e. The van der Waals surface area contributed by atoms with Crippen molar-refractivity contribution >= 4 is 17.5 Å². The average molecular weight is 387 g/mol. The van der Waals surface area contributed by atoms with Crippen molar-refractivity contribution in [1.82, 2.24) is 20.2 Å². The zero-order chi connectivity index (χ0) is 19.2. The minimum absolute atomic E-state index is 0.146. The van der Waals surface area contributed by atoms with Crippen LogP contribution in [0.5, 0.6) is 0 Å². The first-order valence-corrected chi connectivity index (χ1v) is 11.1. The standard InChI is InChI=1S/C21H34N6O/c28-20(22-8-5-11-25-9-1-2-10-25)18-6-14-26(15-7-18)19-16-23-21(24-17-19)27-12-3-4-13-27/h16-18H,1-15H2,(H,22,28). The number of anilines is 2. The fraction of sp³-hybridized carbons (Fsp3) is 0.762. The number of hydrogen-bond donors (Lipinski definition) is 1. The molecule has 1 aromatic rings. The van der Waals surface area contributed by atoms with Gasteiger partial charge in [-0.25, -0.2) is 9.97 Å². The van der Waals surface area contributed by atoms with Crippen molar-refractivity contribution in [3.05, 3.63) is 12.4 Å². The van der Waals surface area contributed by atoms with Crippen molar-refractivity contribution in [2.24, 2.45) is 5.92 Å². The van der Waals surface area contributed by atoms with Crippen LogP contribution < -0.4 is 15.1 Å². The van der Waals surface area contributed by atoms with Crippen LogP contribution in [0.2, 0.25) is 0 Å². The van der Waals surface area contributed by atoms with E-state index in [-0.39, 0.29) is 11.8 Å². The SMILES string of the molecule is O=C(NCCCN1CCCC1)C1CCN(c2cnc(N3CCCC3)nc2)CC1. The molecule has 1 aromatic heterocycles. The highest BCUT2D eigenvalue weighted by atomic mass is 16.1. The highest BCUT2D eigenvalue weighted by Crippen LogP contribution is 2.24. The fourth-order valence-electron chi connectivity index (χ4n) is 4.62. The number of carbonyl (C=O) groups excluding carboxylic acids is 1. The van der Waals surface area contributed by atoms with Crippen molar-refractivity contribution in [3.63, 3.8) is 0 Å². The van der Waals surface area contributed by atoms with Gasteiger partial charge in [0.1, 0.15) is 0 Å². The van der Waals surface area contributed by atoms with Gasteiger partial charge >= 0.3 is 0 Å². The number of aromatic nitrogens is 2. The Hall–Kier alpha value is -1.89. The zero-order valence-electron chi connectivity index (χ0n) is 17.0. The van der Waals surface area contributed by atoms with E-state index >= 15 is 0 Å². The van der Waals surface area contributed by atoms with Crippen molar-refractivity contribution in [2.75, 3.05) is 62.2 Å². The van der Waals surface area contributed by atoms with E-state index in [0.717, 1.165) is 70.2 Å². The molecule has 7 nitrogen and oxygen atoms in total. The predicted molar refractivity (Wildman–Crippen MR) is 112 cm³/mol. The van der Waals surface area contributed by atoms with Gasteiger partial charge in [0.25, 0.3) is 0 Å². The van der Waals surface area contributed by atoms with Gasteiger partial charge in [0.15, 0.2) is 0 Å². The number of rotatable bonds is 7. The van der Waals surface area contributed by atoms with E-state index in [1.54, 1.807) is 0 Å². The third kappa shape index (κ3) is 4.93. The molecule has 0 bridgehead atoms. The third-order valence-corrected chi connectivity index (χ3v) is 6.39. The molecule has 0 saturated carbocycles. The molecule has 28 heavy (non-hydrogen) atoms. The largest absolute Gasteiger partial charge is 0.369 e. The van der Waals surface area contributed by atoms with Gasteiger partial charge in [-0.2, -0.15) is 0 Å². The Morgan fingerprint density at radius 2 is 1.57 bits per heavy atom. The number of likely N-dealkylation sites (tertiary alicyclic amines) is 1. The van der Waals surface area contributed by atoms with E-state index in [9.17, 15) is 4.79 Å². The molecule has 3 aliphatic rings. The van der Waals surface area contributed by atoms with Crippen LogP contribution in [0.15, 0.2) is 12.4 Å². The fourth-order valence-corrected chi connectivity index (χ4v) is 4.62. The lowest BCUT2D eigenvalue weighted by atomic mass is 9.95. The highest BCUT2D eigenvalue weighted by molar-refractivity contribution is 5.78. The molecule has 4 heterocycles. The van der Waals surface area contributed by atoms with Gasteiger partial charge in [0.2, 0.25) is 11.9 Å². The maximum atomic E-state index is 12.5. The van der Waals surface area contributed by atoms with Crippen molar-refractivity contribution in [3.8, 4) is 0 Å². The average Bonchev–Trinajstić information content (AvgIpc) is 3.45. The lowest BCUT2D eigenvalue weighted by Crippen LogP contribution is -2.41. The van der Waals surface area contributed by atoms with Gasteiger partial charge in [-0.3, -0.25) is 4.79 Å². The number of hydrogen-bond acceptors (Lipinski definition) is 6. The molecule has 1 N–H and O–H groups in total. The molecule has 3 saturated heterocycles. The van der Waals surface area contributed by atoms with Crippen LogP contribution in [0.3, 0.4) is 0 Å². The van der Waals surface area contributed by atoms with Crippen LogP contribution in [0.25, 0.3) is 0 Å². The van der Waals surface area contributed by atoms with E-state index in [1.165, 1.54) is 38.8 Å². The summed E-state index contributed by atoms with van der Waals surface area (Å²) in [6, 6.07) is 0. The van der Waals surface area contributed by atoms with Crippen molar-refractivity contribution in [2.45, 2.75) is 44.9 Å². The molecular weight excluding hydrogens is 352 g/mol. The van der Waals surface area contributed by atoms with E-state index in [2.05, 4.69) is 30.0 Å². The predicted octanol–water partition coefficient (Wildman–Crippen LogP) is 1.90. The Kier molecular flexibility index (Phi) is 6.62. The van der Waals surface area contributed by atoms with Crippen LogP contribution in [-0.4, -0.2) is 73.1 Å². The summed E-state index contributed by atoms with van der Waals surface area (Å²) in [6.07, 6.45) is 11.9. The normalized spacial score (nSPS) is 21.4. The molecule has 7 heteroatoms. The molecule has 0 aliphatic carbocycles. The second-order valence-electron chi connectivity index (χ2n) is 8.39. The van der Waals surface area contributed by atoms with Crippen LogP contribution in [0.4, 0.5) is 11.6 Å². The Bertz CT molecular complexity index is 616. The first-order chi connectivity index (χ1) is 13.8. The van der Waals surface area contributed by atoms with Gasteiger partial charge in [0.05, 0.1) is 18.1 Å². The minimum atomic E-state index is 0.146. The molecule has 154 valence electrons. The Morgan fingerprint density at radius 1 is 0.929 bits per heavy atom. The van der Waals surface area contributed by atoms with Crippen molar-refractivity contribution in [1.29, 1.82) is 0 Å². The van der Waals surface area contributed by atoms with Crippen LogP contribution in [0.1, 0.15) is 44.9 Å². The number of carbonyl (C=O) groups is 1. The number of amides is 1. The number of piperidine rings is 1. The third-order valence-electron chi connectivity index (χ3n) is 6.39. The van der Waals surface area contributed by atoms with E-state index in [0.29, 0.717) is 0 Å². The Labute approximate surface area is 168 Å². The summed E-state index contributed by atoms with van der Waals surface area (Å²) in [5.41, 5.74) is 1.08. The molecule has 3 fully saturated rings. The van der Waals surface area contributed by atoms with Crippen molar-refractivity contribution < 1.29 is 4.79 Å². The second-order valence-corrected chi connectivity index (χ2v) is 8.39. The van der Waals surface area contributed by atoms with Crippen LogP contribution >= 0.6 is 0 Å². The van der Waals surface area contributed by atoms with E-state index in [4.69, 9.17) is 0 Å². The summed E-state index contributed by atoms with van der Waals surface area (Å²) < 4.78 is 0. The molecule has 0 aromatic carbocycles. The second kappa shape index (κ2) is 9.54. The number of nitrogens with one attached hydrogen (secondary N) is 1. The van der Waals surface area contributed by atoms with Crippen LogP contribution in [-0.2, 0) is 4.79 Å². The Morgan fingerprint density at radius 3 is 2.25 bits per heavy atom. The summed E-state index contributed by atoms with van der Waals surface area (Å²) >= 11 is 0. The summed E-state index contributed by atoms with van der Waals surface area (Å²) in [4.78, 5) is 28.6. The van der Waals surface area contributed by atoms with Gasteiger partial charge < -0.3 is 20.0 Å². The molecule has 0 atom stereocenters. The maximum absolute atomic E-state index is 12.5. The Balaban J connectivity index is 1.17. The van der Waals surface area contributed by atoms with Gasteiger partial charge in [-0.05, 0) is 64.6 Å². The van der Waals surface area contributed by atoms with Gasteiger partial charge in [-0.1, -0.05) is 0 Å². The van der Waals surface area contributed by atoms with Gasteiger partial charge in [0, 0.05) is 38.6 Å². The summed E-state index contributed by atoms with van der Waals surface area (Å²) in [5, 5.41) is 3.16. The molecular formula is C21H34N6O. The molecule has 1 amide bonds. The zero-order valence-corrected chi connectivity index (χ0v) is 17.0. The van der Waals surface area contributed by atoms with Gasteiger partial charge in [-0.15, -0.1) is 0 Å². The molecule has 0 radical (unpaired) electrons. The smallest absolute Gasteiger partial charge is 0.225 e. The highest BCUT2D eigenvalue weighted by Gasteiger charge is 2.25. The minimum Gasteiger partial charge on any atom is -0.369 e. The quantitative estimate of drug-likeness (QED) is 0.722. The van der Waals surface area contributed by atoms with Crippen LogP contribution in [0, 0.1) is 5.92 Å². The monoisotopic (exact) mass is 386 g/mol. The molecule has 3 aliphatic heterocycles.